The Morgan fingerprint density at radius 2 is 1.68 bits per heavy atom. The molecule has 1 aromatic heterocycles. The number of ketones is 1. The molecule has 0 fully saturated rings. The summed E-state index contributed by atoms with van der Waals surface area (Å²) < 4.78 is 5.61. The van der Waals surface area contributed by atoms with E-state index >= 15 is 0 Å². The van der Waals surface area contributed by atoms with Crippen LogP contribution in [0.4, 0.5) is 0 Å². The number of amides is 2. The largest absolute Gasteiger partial charge is 0.483 e. The molecule has 7 nitrogen and oxygen atoms in total. The normalized spacial score (nSPS) is 10.2. The second-order valence-corrected chi connectivity index (χ2v) is 6.01. The maximum absolute atomic E-state index is 12.0. The Balaban J connectivity index is 1.55. The third-order valence-electron chi connectivity index (χ3n) is 3.98. The molecule has 3 aromatic rings. The first kappa shape index (κ1) is 18.9. The highest BCUT2D eigenvalue weighted by Crippen LogP contribution is 2.29. The monoisotopic (exact) mass is 377 g/mol. The van der Waals surface area contributed by atoms with Gasteiger partial charge in [-0.15, -0.1) is 0 Å². The van der Waals surface area contributed by atoms with Gasteiger partial charge in [-0.3, -0.25) is 25.2 Å². The quantitative estimate of drug-likeness (QED) is 0.454. The van der Waals surface area contributed by atoms with Crippen molar-refractivity contribution in [1.29, 1.82) is 0 Å². The van der Waals surface area contributed by atoms with Crippen LogP contribution < -0.4 is 15.6 Å². The van der Waals surface area contributed by atoms with Crippen LogP contribution in [0.2, 0.25) is 0 Å². The maximum atomic E-state index is 12.0. The molecule has 0 unspecified atom stereocenters. The molecule has 2 amide bonds. The molecular formula is C21H19N3O4. The molecule has 3 N–H and O–H groups in total. The summed E-state index contributed by atoms with van der Waals surface area (Å²) in [5.41, 5.74) is 6.94. The van der Waals surface area contributed by atoms with E-state index in [0.29, 0.717) is 11.3 Å². The van der Waals surface area contributed by atoms with Crippen molar-refractivity contribution in [2.75, 3.05) is 6.61 Å². The zero-order valence-electron chi connectivity index (χ0n) is 15.2. The molecule has 3 rings (SSSR count). The number of carbonyl (C=O) groups is 3. The number of hydrogen-bond acceptors (Lipinski definition) is 4. The zero-order valence-corrected chi connectivity index (χ0v) is 15.2. The van der Waals surface area contributed by atoms with E-state index in [4.69, 9.17) is 4.74 Å². The summed E-state index contributed by atoms with van der Waals surface area (Å²) in [4.78, 5) is 37.9. The van der Waals surface area contributed by atoms with E-state index in [-0.39, 0.29) is 18.1 Å². The zero-order chi connectivity index (χ0) is 19.9. The highest BCUT2D eigenvalue weighted by atomic mass is 16.5. The topological polar surface area (TPSA) is 100 Å². The van der Waals surface area contributed by atoms with Gasteiger partial charge in [-0.1, -0.05) is 48.5 Å². The van der Waals surface area contributed by atoms with Crippen LogP contribution in [0, 0.1) is 0 Å². The van der Waals surface area contributed by atoms with Gasteiger partial charge in [-0.2, -0.15) is 0 Å². The van der Waals surface area contributed by atoms with Crippen molar-refractivity contribution in [2.45, 2.75) is 6.92 Å². The fraction of sp³-hybridized carbons (Fsp3) is 0.0952. The lowest BCUT2D eigenvalue weighted by Crippen LogP contribution is -2.44. The molecule has 2 aromatic carbocycles. The van der Waals surface area contributed by atoms with Crippen LogP contribution in [-0.4, -0.2) is 29.2 Å². The molecule has 1 heterocycles. The second-order valence-electron chi connectivity index (χ2n) is 6.01. The fourth-order valence-electron chi connectivity index (χ4n) is 2.55. The van der Waals surface area contributed by atoms with Crippen LogP contribution in [0.15, 0.2) is 66.9 Å². The van der Waals surface area contributed by atoms with Crippen molar-refractivity contribution in [3.8, 4) is 16.9 Å². The van der Waals surface area contributed by atoms with Crippen molar-refractivity contribution < 1.29 is 19.1 Å². The molecule has 0 radical (unpaired) electrons. The van der Waals surface area contributed by atoms with Crippen LogP contribution in [0.25, 0.3) is 11.1 Å². The lowest BCUT2D eigenvalue weighted by atomic mass is 10.1. The van der Waals surface area contributed by atoms with E-state index in [2.05, 4.69) is 15.8 Å². The maximum Gasteiger partial charge on any atom is 0.286 e. The van der Waals surface area contributed by atoms with E-state index in [1.165, 1.54) is 19.2 Å². The van der Waals surface area contributed by atoms with Gasteiger partial charge in [0.2, 0.25) is 0 Å². The number of benzene rings is 2. The Morgan fingerprint density at radius 3 is 2.39 bits per heavy atom. The smallest absolute Gasteiger partial charge is 0.286 e. The molecule has 7 heteroatoms. The fourth-order valence-corrected chi connectivity index (χ4v) is 2.55. The first-order valence-electron chi connectivity index (χ1n) is 8.60. The molecule has 142 valence electrons. The highest BCUT2D eigenvalue weighted by molar-refractivity contribution is 5.99. The van der Waals surface area contributed by atoms with E-state index in [1.54, 1.807) is 6.07 Å². The summed E-state index contributed by atoms with van der Waals surface area (Å²) in [6.45, 7) is 1.13. The first-order valence-corrected chi connectivity index (χ1v) is 8.60. The summed E-state index contributed by atoms with van der Waals surface area (Å²) >= 11 is 0. The molecule has 0 aliphatic rings. The Bertz CT molecular complexity index is 996. The molecule has 0 aliphatic heterocycles. The van der Waals surface area contributed by atoms with Gasteiger partial charge in [0, 0.05) is 17.3 Å². The molecular weight excluding hydrogens is 358 g/mol. The van der Waals surface area contributed by atoms with Gasteiger partial charge in [0.15, 0.2) is 12.4 Å². The van der Waals surface area contributed by atoms with Gasteiger partial charge in [-0.05, 0) is 24.6 Å². The molecule has 0 saturated carbocycles. The molecule has 0 atom stereocenters. The number of hydrogen-bond donors (Lipinski definition) is 3. The average Bonchev–Trinajstić information content (AvgIpc) is 3.22. The summed E-state index contributed by atoms with van der Waals surface area (Å²) in [6, 6.07) is 18.5. The number of carbonyl (C=O) groups excluding carboxylic acids is 3. The Morgan fingerprint density at radius 1 is 0.964 bits per heavy atom. The molecule has 0 bridgehead atoms. The van der Waals surface area contributed by atoms with Crippen LogP contribution >= 0.6 is 0 Å². The van der Waals surface area contributed by atoms with Gasteiger partial charge in [0.1, 0.15) is 11.4 Å². The molecule has 0 saturated heterocycles. The average molecular weight is 377 g/mol. The number of aromatic nitrogens is 1. The second kappa shape index (κ2) is 8.68. The number of para-hydroxylation sites is 1. The Labute approximate surface area is 161 Å². The number of Topliss-reactive ketones (excluding diaryl/α,β-unsaturated/α-hetero) is 1. The van der Waals surface area contributed by atoms with Crippen molar-refractivity contribution in [2.24, 2.45) is 0 Å². The van der Waals surface area contributed by atoms with E-state index in [9.17, 15) is 14.4 Å². The van der Waals surface area contributed by atoms with Crippen LogP contribution in [0.1, 0.15) is 27.8 Å². The predicted octanol–water partition coefficient (Wildman–Crippen LogP) is 2.72. The van der Waals surface area contributed by atoms with Gasteiger partial charge < -0.3 is 9.72 Å². The molecule has 0 aliphatic carbocycles. The summed E-state index contributed by atoms with van der Waals surface area (Å²) in [6.07, 6.45) is 1.43. The van der Waals surface area contributed by atoms with Gasteiger partial charge in [-0.25, -0.2) is 0 Å². The number of H-pyrrole nitrogens is 1. The SMILES string of the molecule is CC(=O)c1c[nH]c(C(=O)NNC(=O)COc2ccccc2-c2ccccc2)c1. The Hall–Kier alpha value is -3.87. The van der Waals surface area contributed by atoms with Gasteiger partial charge in [0.25, 0.3) is 11.8 Å². The van der Waals surface area contributed by atoms with E-state index in [1.807, 2.05) is 48.5 Å². The summed E-state index contributed by atoms with van der Waals surface area (Å²) in [5.74, 6) is -0.685. The van der Waals surface area contributed by atoms with E-state index in [0.717, 1.165) is 11.1 Å². The van der Waals surface area contributed by atoms with Gasteiger partial charge in [0.05, 0.1) is 0 Å². The van der Waals surface area contributed by atoms with Crippen molar-refractivity contribution in [3.05, 3.63) is 78.1 Å². The third-order valence-corrected chi connectivity index (χ3v) is 3.98. The van der Waals surface area contributed by atoms with Crippen molar-refractivity contribution in [3.63, 3.8) is 0 Å². The minimum Gasteiger partial charge on any atom is -0.483 e. The summed E-state index contributed by atoms with van der Waals surface area (Å²) in [7, 11) is 0. The number of aromatic amines is 1. The van der Waals surface area contributed by atoms with Gasteiger partial charge >= 0.3 is 0 Å². The lowest BCUT2D eigenvalue weighted by Gasteiger charge is -2.12. The number of hydrazine groups is 1. The van der Waals surface area contributed by atoms with Crippen molar-refractivity contribution >= 4 is 17.6 Å². The van der Waals surface area contributed by atoms with Crippen LogP contribution in [0.5, 0.6) is 5.75 Å². The van der Waals surface area contributed by atoms with Crippen LogP contribution in [-0.2, 0) is 4.79 Å². The predicted molar refractivity (Wildman–Crippen MR) is 104 cm³/mol. The highest BCUT2D eigenvalue weighted by Gasteiger charge is 2.12. The minimum absolute atomic E-state index is 0.162. The van der Waals surface area contributed by atoms with E-state index < -0.39 is 11.8 Å². The Kier molecular flexibility index (Phi) is 5.86. The van der Waals surface area contributed by atoms with Crippen LogP contribution in [0.3, 0.4) is 0 Å². The number of ether oxygens (including phenoxy) is 1. The summed E-state index contributed by atoms with van der Waals surface area (Å²) in [5, 5.41) is 0. The number of rotatable bonds is 6. The lowest BCUT2D eigenvalue weighted by molar-refractivity contribution is -0.123. The third kappa shape index (κ3) is 4.64. The first-order chi connectivity index (χ1) is 13.5. The number of nitrogens with one attached hydrogen (secondary N) is 3. The minimum atomic E-state index is -0.564. The van der Waals surface area contributed by atoms with Crippen molar-refractivity contribution in [1.82, 2.24) is 15.8 Å². The standard InChI is InChI=1S/C21H19N3O4/c1-14(25)16-11-18(22-12-16)21(27)24-23-20(26)13-28-19-10-6-5-9-17(19)15-7-3-2-4-8-15/h2-12,22H,13H2,1H3,(H,23,26)(H,24,27). The molecule has 0 spiro atoms. The molecule has 28 heavy (non-hydrogen) atoms.